The zero-order valence-corrected chi connectivity index (χ0v) is 17.4. The molecule has 1 aromatic carbocycles. The number of likely N-dealkylation sites (tertiary alicyclic amines) is 1. The van der Waals surface area contributed by atoms with E-state index in [1.54, 1.807) is 6.07 Å². The highest BCUT2D eigenvalue weighted by atomic mass is 16.3. The van der Waals surface area contributed by atoms with Gasteiger partial charge in [-0.3, -0.25) is 0 Å². The number of hydrogen-bond acceptors (Lipinski definition) is 7. The maximum absolute atomic E-state index is 10.5. The second-order valence-electron chi connectivity index (χ2n) is 8.04. The molecule has 29 heavy (non-hydrogen) atoms. The van der Waals surface area contributed by atoms with Crippen LogP contribution < -0.4 is 9.80 Å². The summed E-state index contributed by atoms with van der Waals surface area (Å²) >= 11 is 0. The topological polar surface area (TPSA) is 79.5 Å². The van der Waals surface area contributed by atoms with Crippen LogP contribution in [0.4, 0.5) is 11.5 Å². The lowest BCUT2D eigenvalue weighted by Gasteiger charge is -2.44. The minimum Gasteiger partial charge on any atom is -0.507 e. The highest BCUT2D eigenvalue weighted by Gasteiger charge is 2.31. The summed E-state index contributed by atoms with van der Waals surface area (Å²) in [6.07, 6.45) is 2.39. The van der Waals surface area contributed by atoms with Gasteiger partial charge in [0.1, 0.15) is 5.75 Å². The van der Waals surface area contributed by atoms with Crippen LogP contribution in [0.15, 0.2) is 18.2 Å². The number of nitriles is 1. The molecule has 0 bridgehead atoms. The highest BCUT2D eigenvalue weighted by Crippen LogP contribution is 2.38. The molecular weight excluding hydrogens is 364 g/mol. The van der Waals surface area contributed by atoms with Crippen molar-refractivity contribution in [2.24, 2.45) is 0 Å². The first-order chi connectivity index (χ1) is 14.0. The third-order valence-electron chi connectivity index (χ3n) is 6.18. The highest BCUT2D eigenvalue weighted by molar-refractivity contribution is 5.78. The fraction of sp³-hybridized carbons (Fsp3) is 0.500. The molecule has 1 fully saturated rings. The van der Waals surface area contributed by atoms with Crippen molar-refractivity contribution in [1.82, 2.24) is 15.1 Å². The van der Waals surface area contributed by atoms with Crippen molar-refractivity contribution >= 4 is 11.5 Å². The smallest absolute Gasteiger partial charge is 0.175 e. The van der Waals surface area contributed by atoms with Crippen LogP contribution in [0.1, 0.15) is 30.9 Å². The van der Waals surface area contributed by atoms with Gasteiger partial charge in [-0.1, -0.05) is 6.92 Å². The Bertz CT molecular complexity index is 930. The van der Waals surface area contributed by atoms with Crippen LogP contribution in [-0.2, 0) is 0 Å². The molecule has 0 spiro atoms. The summed E-state index contributed by atoms with van der Waals surface area (Å²) in [6, 6.07) is 7.81. The van der Waals surface area contributed by atoms with E-state index in [4.69, 9.17) is 5.26 Å². The second kappa shape index (κ2) is 7.88. The van der Waals surface area contributed by atoms with Crippen molar-refractivity contribution in [1.29, 1.82) is 5.26 Å². The van der Waals surface area contributed by atoms with E-state index in [0.29, 0.717) is 22.9 Å². The van der Waals surface area contributed by atoms with Crippen molar-refractivity contribution in [2.75, 3.05) is 49.6 Å². The Morgan fingerprint density at radius 1 is 1.21 bits per heavy atom. The number of aryl methyl sites for hydroxylation is 1. The molecule has 0 amide bonds. The first-order valence-corrected chi connectivity index (χ1v) is 10.3. The molecule has 1 atom stereocenters. The van der Waals surface area contributed by atoms with Crippen molar-refractivity contribution in [3.63, 3.8) is 0 Å². The quantitative estimate of drug-likeness (QED) is 0.860. The Hall–Kier alpha value is -2.85. The van der Waals surface area contributed by atoms with Crippen molar-refractivity contribution in [3.8, 4) is 23.1 Å². The van der Waals surface area contributed by atoms with E-state index in [-0.39, 0.29) is 5.75 Å². The number of hydrogen-bond donors (Lipinski definition) is 1. The van der Waals surface area contributed by atoms with Gasteiger partial charge in [-0.05, 0) is 56.6 Å². The average Bonchev–Trinajstić information content (AvgIpc) is 2.73. The number of piperidine rings is 1. The molecule has 1 N–H and O–H groups in total. The maximum Gasteiger partial charge on any atom is 0.175 e. The van der Waals surface area contributed by atoms with Gasteiger partial charge in [0.25, 0.3) is 0 Å². The van der Waals surface area contributed by atoms with Gasteiger partial charge in [-0.15, -0.1) is 10.2 Å². The maximum atomic E-state index is 10.5. The summed E-state index contributed by atoms with van der Waals surface area (Å²) in [5.74, 6) is 0.994. The summed E-state index contributed by atoms with van der Waals surface area (Å²) in [6.45, 7) is 9.31. The monoisotopic (exact) mass is 392 g/mol. The standard InChI is InChI=1S/C22H28N6O/c1-4-27-7-5-6-17(14-27)28-9-8-26(3)19-12-18(24-25-22(19)28)21-15(2)10-16(13-23)11-20(21)29/h10-12,17,29H,4-9,14H2,1-3H3. The van der Waals surface area contributed by atoms with Gasteiger partial charge in [-0.25, -0.2) is 0 Å². The number of aromatic hydroxyl groups is 1. The summed E-state index contributed by atoms with van der Waals surface area (Å²) < 4.78 is 0. The molecule has 7 heteroatoms. The van der Waals surface area contributed by atoms with E-state index in [1.807, 2.05) is 13.0 Å². The molecule has 4 rings (SSSR count). The van der Waals surface area contributed by atoms with Crippen LogP contribution in [0.25, 0.3) is 11.3 Å². The lowest BCUT2D eigenvalue weighted by molar-refractivity contribution is 0.212. The van der Waals surface area contributed by atoms with Crippen LogP contribution in [0.2, 0.25) is 0 Å². The molecule has 0 saturated carbocycles. The SMILES string of the molecule is CCN1CCCC(N2CCN(C)c3cc(-c4c(C)cc(C#N)cc4O)nnc32)C1. The fourth-order valence-electron chi connectivity index (χ4n) is 4.56. The molecule has 3 heterocycles. The zero-order chi connectivity index (χ0) is 20.5. The van der Waals surface area contributed by atoms with Crippen LogP contribution in [0.5, 0.6) is 5.75 Å². The summed E-state index contributed by atoms with van der Waals surface area (Å²) in [7, 11) is 2.08. The number of likely N-dealkylation sites (N-methyl/N-ethyl adjacent to an activating group) is 2. The molecule has 2 aromatic rings. The van der Waals surface area contributed by atoms with Gasteiger partial charge in [0.15, 0.2) is 5.82 Å². The lowest BCUT2D eigenvalue weighted by Crippen LogP contribution is -2.52. The molecular formula is C22H28N6O. The molecule has 1 unspecified atom stereocenters. The minimum absolute atomic E-state index is 0.0667. The van der Waals surface area contributed by atoms with Gasteiger partial charge in [-0.2, -0.15) is 5.26 Å². The largest absolute Gasteiger partial charge is 0.507 e. The van der Waals surface area contributed by atoms with Crippen molar-refractivity contribution in [2.45, 2.75) is 32.7 Å². The molecule has 2 aliphatic heterocycles. The molecule has 152 valence electrons. The van der Waals surface area contributed by atoms with Crippen molar-refractivity contribution < 1.29 is 5.11 Å². The van der Waals surface area contributed by atoms with E-state index in [9.17, 15) is 5.11 Å². The number of phenolic OH excluding ortho intramolecular Hbond substituents is 1. The van der Waals surface area contributed by atoms with E-state index in [1.165, 1.54) is 25.5 Å². The third kappa shape index (κ3) is 3.60. The number of rotatable bonds is 3. The first kappa shape index (κ1) is 19.5. The number of nitrogens with zero attached hydrogens (tertiary/aromatic N) is 6. The molecule has 0 aliphatic carbocycles. The normalized spacial score (nSPS) is 19.7. The second-order valence-corrected chi connectivity index (χ2v) is 8.04. The minimum atomic E-state index is 0.0667. The van der Waals surface area contributed by atoms with Gasteiger partial charge in [0.05, 0.1) is 23.0 Å². The number of anilines is 2. The van der Waals surface area contributed by atoms with Crippen LogP contribution in [0, 0.1) is 18.3 Å². The van der Waals surface area contributed by atoms with E-state index in [0.717, 1.165) is 43.2 Å². The summed E-state index contributed by atoms with van der Waals surface area (Å²) in [5, 5.41) is 28.7. The third-order valence-corrected chi connectivity index (χ3v) is 6.18. The first-order valence-electron chi connectivity index (χ1n) is 10.3. The van der Waals surface area contributed by atoms with Crippen LogP contribution in [0.3, 0.4) is 0 Å². The Balaban J connectivity index is 1.71. The summed E-state index contributed by atoms with van der Waals surface area (Å²) in [4.78, 5) is 7.13. The number of aromatic nitrogens is 2. The molecule has 1 aromatic heterocycles. The average molecular weight is 393 g/mol. The number of benzene rings is 1. The number of fused-ring (bicyclic) bond motifs is 1. The van der Waals surface area contributed by atoms with E-state index < -0.39 is 0 Å². The van der Waals surface area contributed by atoms with E-state index >= 15 is 0 Å². The fourth-order valence-corrected chi connectivity index (χ4v) is 4.56. The van der Waals surface area contributed by atoms with Crippen LogP contribution >= 0.6 is 0 Å². The van der Waals surface area contributed by atoms with Crippen molar-refractivity contribution in [3.05, 3.63) is 29.3 Å². The predicted octanol–water partition coefficient (Wildman–Crippen LogP) is 2.77. The molecule has 7 nitrogen and oxygen atoms in total. The Morgan fingerprint density at radius 3 is 2.76 bits per heavy atom. The lowest BCUT2D eigenvalue weighted by atomic mass is 10.00. The van der Waals surface area contributed by atoms with Gasteiger partial charge < -0.3 is 19.8 Å². The molecule has 1 saturated heterocycles. The Labute approximate surface area is 172 Å². The zero-order valence-electron chi connectivity index (χ0n) is 17.4. The molecule has 0 radical (unpaired) electrons. The number of phenols is 1. The predicted molar refractivity (Wildman–Crippen MR) is 114 cm³/mol. The van der Waals surface area contributed by atoms with E-state index in [2.05, 4.69) is 44.9 Å². The van der Waals surface area contributed by atoms with Gasteiger partial charge >= 0.3 is 0 Å². The van der Waals surface area contributed by atoms with Crippen LogP contribution in [-0.4, -0.2) is 66.0 Å². The van der Waals surface area contributed by atoms with Gasteiger partial charge in [0, 0.05) is 38.3 Å². The molecule has 2 aliphatic rings. The van der Waals surface area contributed by atoms with Gasteiger partial charge in [0.2, 0.25) is 0 Å². The Kier molecular flexibility index (Phi) is 5.29. The Morgan fingerprint density at radius 2 is 2.03 bits per heavy atom. The summed E-state index contributed by atoms with van der Waals surface area (Å²) in [5.41, 5.74) is 3.57.